The van der Waals surface area contributed by atoms with Gasteiger partial charge in [0.15, 0.2) is 0 Å². The zero-order chi connectivity index (χ0) is 16.2. The van der Waals surface area contributed by atoms with Crippen LogP contribution in [0.15, 0.2) is 30.9 Å². The van der Waals surface area contributed by atoms with Gasteiger partial charge in [-0.05, 0) is 31.0 Å². The summed E-state index contributed by atoms with van der Waals surface area (Å²) in [6, 6.07) is 3.61. The van der Waals surface area contributed by atoms with Crippen LogP contribution in [0.3, 0.4) is 0 Å². The van der Waals surface area contributed by atoms with Crippen LogP contribution in [-0.4, -0.2) is 29.2 Å². The lowest BCUT2D eigenvalue weighted by Gasteiger charge is -2.14. The second-order valence-corrected chi connectivity index (χ2v) is 7.13. The van der Waals surface area contributed by atoms with E-state index in [2.05, 4.69) is 14.8 Å². The first kappa shape index (κ1) is 16.9. The molecule has 0 bridgehead atoms. The maximum atomic E-state index is 13.1. The molecule has 0 aliphatic heterocycles. The number of rotatable bonds is 7. The van der Waals surface area contributed by atoms with Crippen molar-refractivity contribution in [3.05, 3.63) is 47.3 Å². The quantitative estimate of drug-likeness (QED) is 0.831. The third-order valence-corrected chi connectivity index (χ3v) is 4.74. The Hall–Kier alpha value is -1.51. The van der Waals surface area contributed by atoms with Gasteiger partial charge in [-0.1, -0.05) is 17.7 Å². The van der Waals surface area contributed by atoms with Crippen LogP contribution in [0, 0.1) is 5.82 Å². The number of hydrogen-bond acceptors (Lipinski definition) is 4. The van der Waals surface area contributed by atoms with Crippen LogP contribution < -0.4 is 4.72 Å². The Morgan fingerprint density at radius 1 is 1.45 bits per heavy atom. The Morgan fingerprint density at radius 3 is 2.86 bits per heavy atom. The van der Waals surface area contributed by atoms with Gasteiger partial charge in [0.2, 0.25) is 10.0 Å². The predicted molar refractivity (Wildman–Crippen MR) is 81.3 cm³/mol. The summed E-state index contributed by atoms with van der Waals surface area (Å²) in [5.74, 6) is -0.822. The standard InChI is InChI=1S/C13H16ClFN4O2S/c1-10(4-5-19-9-16-8-17-19)18-22(20,21)7-11-2-3-13(15)12(14)6-11/h2-3,6,8-10,18H,4-5,7H2,1H3/t10-/m1/s1. The third-order valence-electron chi connectivity index (χ3n) is 2.98. The van der Waals surface area contributed by atoms with Crippen LogP contribution in [0.4, 0.5) is 4.39 Å². The van der Waals surface area contributed by atoms with Gasteiger partial charge >= 0.3 is 0 Å². The lowest BCUT2D eigenvalue weighted by atomic mass is 10.2. The van der Waals surface area contributed by atoms with Crippen LogP contribution in [-0.2, 0) is 22.3 Å². The molecule has 1 atom stereocenters. The maximum absolute atomic E-state index is 13.1. The number of nitrogens with one attached hydrogen (secondary N) is 1. The van der Waals surface area contributed by atoms with Gasteiger partial charge in [-0.3, -0.25) is 4.68 Å². The molecular formula is C13H16ClFN4O2S. The molecule has 0 saturated carbocycles. The van der Waals surface area contributed by atoms with Crippen molar-refractivity contribution in [2.45, 2.75) is 31.7 Å². The summed E-state index contributed by atoms with van der Waals surface area (Å²) in [5, 5.41) is 3.86. The van der Waals surface area contributed by atoms with E-state index >= 15 is 0 Å². The van der Waals surface area contributed by atoms with Crippen LogP contribution in [0.2, 0.25) is 5.02 Å². The second kappa shape index (κ2) is 7.17. The minimum Gasteiger partial charge on any atom is -0.253 e. The van der Waals surface area contributed by atoms with Crippen LogP contribution in [0.25, 0.3) is 0 Å². The molecule has 2 rings (SSSR count). The molecule has 0 fully saturated rings. The minimum atomic E-state index is -3.53. The molecule has 22 heavy (non-hydrogen) atoms. The van der Waals surface area contributed by atoms with E-state index in [1.807, 2.05) is 0 Å². The Balaban J connectivity index is 1.90. The Labute approximate surface area is 133 Å². The minimum absolute atomic E-state index is 0.0908. The average Bonchev–Trinajstić information content (AvgIpc) is 2.93. The van der Waals surface area contributed by atoms with E-state index in [1.165, 1.54) is 18.5 Å². The van der Waals surface area contributed by atoms with Crippen LogP contribution in [0.1, 0.15) is 18.9 Å². The molecule has 0 saturated heterocycles. The number of sulfonamides is 1. The Kier molecular flexibility index (Phi) is 5.49. The van der Waals surface area contributed by atoms with E-state index in [9.17, 15) is 12.8 Å². The number of aryl methyl sites for hydroxylation is 1. The summed E-state index contributed by atoms with van der Waals surface area (Å²) >= 11 is 5.65. The summed E-state index contributed by atoms with van der Waals surface area (Å²) in [6.45, 7) is 2.33. The van der Waals surface area contributed by atoms with E-state index in [4.69, 9.17) is 11.6 Å². The van der Waals surface area contributed by atoms with Crippen LogP contribution >= 0.6 is 11.6 Å². The molecule has 0 amide bonds. The van der Waals surface area contributed by atoms with E-state index in [0.29, 0.717) is 18.5 Å². The first-order valence-corrected chi connectivity index (χ1v) is 8.65. The van der Waals surface area contributed by atoms with Gasteiger partial charge in [-0.15, -0.1) is 0 Å². The zero-order valence-corrected chi connectivity index (χ0v) is 13.5. The number of benzene rings is 1. The highest BCUT2D eigenvalue weighted by atomic mass is 35.5. The van der Waals surface area contributed by atoms with Crippen molar-refractivity contribution in [2.75, 3.05) is 0 Å². The maximum Gasteiger partial charge on any atom is 0.216 e. The normalized spacial score (nSPS) is 13.2. The summed E-state index contributed by atoms with van der Waals surface area (Å²) in [7, 11) is -3.53. The van der Waals surface area contributed by atoms with Crippen molar-refractivity contribution in [1.29, 1.82) is 0 Å². The van der Waals surface area contributed by atoms with Gasteiger partial charge in [0, 0.05) is 12.6 Å². The molecule has 1 heterocycles. The van der Waals surface area contributed by atoms with E-state index in [-0.39, 0.29) is 16.8 Å². The van der Waals surface area contributed by atoms with E-state index in [0.717, 1.165) is 6.07 Å². The van der Waals surface area contributed by atoms with Gasteiger partial charge in [0.05, 0.1) is 10.8 Å². The van der Waals surface area contributed by atoms with Crippen molar-refractivity contribution in [1.82, 2.24) is 19.5 Å². The average molecular weight is 347 g/mol. The van der Waals surface area contributed by atoms with E-state index < -0.39 is 15.8 Å². The summed E-state index contributed by atoms with van der Waals surface area (Å²) < 4.78 is 41.4. The Bertz CT molecular complexity index is 722. The Morgan fingerprint density at radius 2 is 2.23 bits per heavy atom. The van der Waals surface area contributed by atoms with E-state index in [1.54, 1.807) is 17.9 Å². The molecule has 120 valence electrons. The number of halogens is 2. The third kappa shape index (κ3) is 5.04. The molecule has 6 nitrogen and oxygen atoms in total. The lowest BCUT2D eigenvalue weighted by Crippen LogP contribution is -2.34. The molecule has 0 spiro atoms. The zero-order valence-electron chi connectivity index (χ0n) is 11.9. The van der Waals surface area contributed by atoms with Gasteiger partial charge in [0.25, 0.3) is 0 Å². The molecule has 1 N–H and O–H groups in total. The highest BCUT2D eigenvalue weighted by molar-refractivity contribution is 7.88. The summed E-state index contributed by atoms with van der Waals surface area (Å²) in [4.78, 5) is 3.82. The largest absolute Gasteiger partial charge is 0.253 e. The van der Waals surface area contributed by atoms with Gasteiger partial charge in [-0.2, -0.15) is 5.10 Å². The summed E-state index contributed by atoms with van der Waals surface area (Å²) in [6.07, 6.45) is 3.57. The molecular weight excluding hydrogens is 331 g/mol. The molecule has 1 aromatic carbocycles. The fraction of sp³-hybridized carbons (Fsp3) is 0.385. The number of nitrogens with zero attached hydrogens (tertiary/aromatic N) is 3. The lowest BCUT2D eigenvalue weighted by molar-refractivity contribution is 0.494. The number of hydrogen-bond donors (Lipinski definition) is 1. The summed E-state index contributed by atoms with van der Waals surface area (Å²) in [5.41, 5.74) is 0.433. The monoisotopic (exact) mass is 346 g/mol. The molecule has 0 aliphatic carbocycles. The fourth-order valence-corrected chi connectivity index (χ4v) is 3.57. The number of aromatic nitrogens is 3. The molecule has 0 aliphatic rings. The van der Waals surface area contributed by atoms with Gasteiger partial charge in [-0.25, -0.2) is 22.5 Å². The van der Waals surface area contributed by atoms with Crippen molar-refractivity contribution in [3.63, 3.8) is 0 Å². The van der Waals surface area contributed by atoms with Crippen molar-refractivity contribution in [2.24, 2.45) is 0 Å². The molecule has 2 aromatic rings. The van der Waals surface area contributed by atoms with Gasteiger partial charge < -0.3 is 0 Å². The molecule has 0 unspecified atom stereocenters. The second-order valence-electron chi connectivity index (χ2n) is 4.97. The predicted octanol–water partition coefficient (Wildman–Crippen LogP) is 1.97. The SMILES string of the molecule is C[C@H](CCn1cncn1)NS(=O)(=O)Cc1ccc(F)c(Cl)c1. The van der Waals surface area contributed by atoms with Crippen molar-refractivity contribution in [3.8, 4) is 0 Å². The fourth-order valence-electron chi connectivity index (χ4n) is 1.93. The van der Waals surface area contributed by atoms with Crippen LogP contribution in [0.5, 0.6) is 0 Å². The first-order valence-electron chi connectivity index (χ1n) is 6.62. The topological polar surface area (TPSA) is 76.9 Å². The highest BCUT2D eigenvalue weighted by Crippen LogP contribution is 2.17. The smallest absolute Gasteiger partial charge is 0.216 e. The molecule has 9 heteroatoms. The van der Waals surface area contributed by atoms with Gasteiger partial charge in [0.1, 0.15) is 18.5 Å². The molecule has 0 radical (unpaired) electrons. The van der Waals surface area contributed by atoms with Crippen molar-refractivity contribution < 1.29 is 12.8 Å². The first-order chi connectivity index (χ1) is 10.4. The molecule has 1 aromatic heterocycles. The van der Waals surface area contributed by atoms with Crippen molar-refractivity contribution >= 4 is 21.6 Å². The highest BCUT2D eigenvalue weighted by Gasteiger charge is 2.16.